The molecule has 0 heterocycles. The summed E-state index contributed by atoms with van der Waals surface area (Å²) in [4.78, 5) is 50.7. The monoisotopic (exact) mass is 768 g/mol. The highest BCUT2D eigenvalue weighted by atomic mass is 32.2. The minimum absolute atomic E-state index is 0.116. The Kier molecular flexibility index (Phi) is 11.8. The molecule has 0 spiro atoms. The van der Waals surface area contributed by atoms with E-state index >= 15 is 0 Å². The molecule has 3 N–H and O–H groups in total. The summed E-state index contributed by atoms with van der Waals surface area (Å²) in [5.41, 5.74) is -4.19. The molecule has 0 aliphatic rings. The number of anilines is 2. The maximum Gasteiger partial charge on any atom is 0.422 e. The first-order chi connectivity index (χ1) is 25.6. The number of halogens is 7. The van der Waals surface area contributed by atoms with E-state index in [-0.39, 0.29) is 33.1 Å². The van der Waals surface area contributed by atoms with Gasteiger partial charge in [-0.2, -0.15) is 13.2 Å². The highest BCUT2D eigenvalue weighted by molar-refractivity contribution is 8.00. The van der Waals surface area contributed by atoms with Gasteiger partial charge in [0.1, 0.15) is 22.2 Å². The molecule has 0 aliphatic carbocycles. The molecule has 276 valence electrons. The quantitative estimate of drug-likeness (QED) is 0.0307. The zero-order valence-electron chi connectivity index (χ0n) is 27.1. The van der Waals surface area contributed by atoms with E-state index < -0.39 is 68.6 Å². The Morgan fingerprint density at radius 1 is 0.741 bits per heavy atom. The molecule has 5 aromatic carbocycles. The number of rotatable bonds is 11. The number of carbonyl (C=O) groups is 3. The zero-order valence-corrected chi connectivity index (χ0v) is 27.9. The second-order valence-electron chi connectivity index (χ2n) is 11.1. The number of nitro benzene ring substituents is 1. The highest BCUT2D eigenvalue weighted by Crippen LogP contribution is 2.41. The average molecular weight is 769 g/mol. The Labute approximate surface area is 305 Å². The topological polar surface area (TPSA) is 130 Å². The fraction of sp³-hybridized carbons (Fsp3) is 0.0541. The van der Waals surface area contributed by atoms with Crippen molar-refractivity contribution in [2.24, 2.45) is 0 Å². The van der Waals surface area contributed by atoms with Crippen molar-refractivity contribution in [3.8, 4) is 0 Å². The predicted molar refractivity (Wildman–Crippen MR) is 185 cm³/mol. The van der Waals surface area contributed by atoms with Gasteiger partial charge in [-0.3, -0.25) is 24.5 Å². The molecule has 9 nitrogen and oxygen atoms in total. The number of nitrogens with zero attached hydrogens (tertiary/aromatic N) is 1. The Bertz CT molecular complexity index is 2230. The number of nitrogens with one attached hydrogen (secondary N) is 3. The number of thioether (sulfide) groups is 1. The van der Waals surface area contributed by atoms with Crippen LogP contribution in [-0.2, 0) is 15.8 Å². The van der Waals surface area contributed by atoms with E-state index in [0.717, 1.165) is 11.8 Å². The van der Waals surface area contributed by atoms with Gasteiger partial charge >= 0.3 is 6.18 Å². The van der Waals surface area contributed by atoms with E-state index in [0.29, 0.717) is 5.56 Å². The minimum Gasteiger partial charge on any atom is -0.321 e. The van der Waals surface area contributed by atoms with Crippen molar-refractivity contribution < 1.29 is 50.0 Å². The van der Waals surface area contributed by atoms with Crippen molar-refractivity contribution in [3.63, 3.8) is 0 Å². The Morgan fingerprint density at radius 3 is 1.91 bits per heavy atom. The Hall–Kier alpha value is -6.49. The van der Waals surface area contributed by atoms with Crippen LogP contribution >= 0.6 is 11.8 Å². The highest BCUT2D eigenvalue weighted by Gasteiger charge is 2.43. The number of carbonyl (C=O) groups excluding carboxylic acids is 3. The fourth-order valence-electron chi connectivity index (χ4n) is 4.86. The average Bonchev–Trinajstić information content (AvgIpc) is 3.15. The van der Waals surface area contributed by atoms with E-state index in [2.05, 4.69) is 10.6 Å². The first-order valence-electron chi connectivity index (χ1n) is 15.3. The van der Waals surface area contributed by atoms with E-state index in [9.17, 15) is 55.2 Å². The lowest BCUT2D eigenvalue weighted by Crippen LogP contribution is -2.30. The molecule has 0 aliphatic heterocycles. The van der Waals surface area contributed by atoms with Gasteiger partial charge in [-0.25, -0.2) is 17.6 Å². The Balaban J connectivity index is 1.42. The fourth-order valence-corrected chi connectivity index (χ4v) is 5.95. The lowest BCUT2D eigenvalue weighted by atomic mass is 10.1. The van der Waals surface area contributed by atoms with Crippen LogP contribution in [0.4, 0.5) is 47.8 Å². The molecule has 5 aromatic rings. The van der Waals surface area contributed by atoms with Crippen molar-refractivity contribution >= 4 is 52.6 Å². The predicted octanol–water partition coefficient (Wildman–Crippen LogP) is 9.05. The van der Waals surface area contributed by atoms with Gasteiger partial charge in [-0.15, -0.1) is 11.8 Å². The van der Waals surface area contributed by atoms with Gasteiger partial charge in [0.15, 0.2) is 23.3 Å². The molecule has 1 atom stereocenters. The summed E-state index contributed by atoms with van der Waals surface area (Å²) in [5.74, 6) is -13.2. The lowest BCUT2D eigenvalue weighted by molar-refractivity contribution is -0.384. The van der Waals surface area contributed by atoms with E-state index in [1.807, 2.05) is 0 Å². The van der Waals surface area contributed by atoms with Gasteiger partial charge in [-0.1, -0.05) is 54.6 Å². The number of hydrogen-bond donors (Lipinski definition) is 3. The Morgan fingerprint density at radius 2 is 1.33 bits per heavy atom. The molecule has 0 saturated heterocycles. The molecular weight excluding hydrogens is 745 g/mol. The van der Waals surface area contributed by atoms with Gasteiger partial charge in [-0.05, 0) is 59.7 Å². The van der Waals surface area contributed by atoms with Crippen molar-refractivity contribution in [3.05, 3.63) is 171 Å². The summed E-state index contributed by atoms with van der Waals surface area (Å²) >= 11 is 0.745. The van der Waals surface area contributed by atoms with Gasteiger partial charge in [0.05, 0.1) is 4.92 Å². The standard InChI is InChI=1S/C37H23F7N4O5S/c38-28-27(37(42,43)44)29(39)31(41)32(30(28)40)47-36(51)33(21-8-3-1-4-9-21)54-25-13-7-12-23(19-25)45-35(50)26(46-34(49)22-10-5-2-6-11-22)18-20-14-16-24(17-15-20)48(52)53/h1-19,33H,(H,45,50)(H,46,49)(H,47,51)/b26-18+. The summed E-state index contributed by atoms with van der Waals surface area (Å²) in [6.45, 7) is 0. The third-order valence-electron chi connectivity index (χ3n) is 7.43. The summed E-state index contributed by atoms with van der Waals surface area (Å²) in [5, 5.41) is 16.4. The summed E-state index contributed by atoms with van der Waals surface area (Å²) in [7, 11) is 0. The molecular formula is C37H23F7N4O5S. The summed E-state index contributed by atoms with van der Waals surface area (Å²) in [6.07, 6.45) is -4.50. The number of non-ortho nitro benzene ring substituents is 1. The van der Waals surface area contributed by atoms with Crippen molar-refractivity contribution in [1.29, 1.82) is 0 Å². The molecule has 17 heteroatoms. The molecule has 3 amide bonds. The van der Waals surface area contributed by atoms with Crippen LogP contribution in [0.3, 0.4) is 0 Å². The van der Waals surface area contributed by atoms with Crippen LogP contribution in [0.5, 0.6) is 0 Å². The van der Waals surface area contributed by atoms with E-state index in [4.69, 9.17) is 0 Å². The van der Waals surface area contributed by atoms with Gasteiger partial charge < -0.3 is 16.0 Å². The maximum atomic E-state index is 14.7. The molecule has 5 rings (SSSR count). The summed E-state index contributed by atoms with van der Waals surface area (Å²) < 4.78 is 97.3. The number of benzene rings is 5. The molecule has 0 radical (unpaired) electrons. The normalized spacial score (nSPS) is 12.1. The van der Waals surface area contributed by atoms with Crippen LogP contribution in [0.1, 0.15) is 32.3 Å². The molecule has 54 heavy (non-hydrogen) atoms. The second-order valence-corrected chi connectivity index (χ2v) is 12.3. The number of alkyl halides is 3. The molecule has 0 saturated carbocycles. The van der Waals surface area contributed by atoms with Crippen LogP contribution < -0.4 is 16.0 Å². The smallest absolute Gasteiger partial charge is 0.321 e. The number of nitro groups is 1. The first kappa shape index (κ1) is 38.7. The number of amides is 3. The van der Waals surface area contributed by atoms with Crippen LogP contribution in [0, 0.1) is 33.4 Å². The second kappa shape index (κ2) is 16.5. The maximum absolute atomic E-state index is 14.7. The van der Waals surface area contributed by atoms with Crippen LogP contribution in [-0.4, -0.2) is 22.6 Å². The summed E-state index contributed by atoms with van der Waals surface area (Å²) in [6, 6.07) is 26.3. The molecule has 1 unspecified atom stereocenters. The van der Waals surface area contributed by atoms with Crippen molar-refractivity contribution in [2.45, 2.75) is 16.3 Å². The van der Waals surface area contributed by atoms with E-state index in [1.165, 1.54) is 91.0 Å². The van der Waals surface area contributed by atoms with E-state index in [1.54, 1.807) is 29.6 Å². The van der Waals surface area contributed by atoms with Crippen LogP contribution in [0.15, 0.2) is 120 Å². The van der Waals surface area contributed by atoms with Gasteiger partial charge in [0.2, 0.25) is 5.91 Å². The van der Waals surface area contributed by atoms with Crippen molar-refractivity contribution in [1.82, 2.24) is 5.32 Å². The SMILES string of the molecule is O=C(Nc1cccc(SC(C(=O)Nc2c(F)c(F)c(C(F)(F)F)c(F)c2F)c2ccccc2)c1)/C(=C\c1ccc([N+](=O)[O-])cc1)NC(=O)c1ccccc1. The third kappa shape index (κ3) is 9.11. The van der Waals surface area contributed by atoms with Crippen LogP contribution in [0.2, 0.25) is 0 Å². The third-order valence-corrected chi connectivity index (χ3v) is 8.67. The van der Waals surface area contributed by atoms with Crippen molar-refractivity contribution in [2.75, 3.05) is 10.6 Å². The largest absolute Gasteiger partial charge is 0.422 e. The zero-order chi connectivity index (χ0) is 39.2. The minimum atomic E-state index is -5.78. The lowest BCUT2D eigenvalue weighted by Gasteiger charge is -2.19. The number of hydrogen-bond acceptors (Lipinski definition) is 6. The van der Waals surface area contributed by atoms with Gasteiger partial charge in [0.25, 0.3) is 17.5 Å². The van der Waals surface area contributed by atoms with Gasteiger partial charge in [0, 0.05) is 28.3 Å². The van der Waals surface area contributed by atoms with Crippen LogP contribution in [0.25, 0.3) is 6.08 Å². The molecule has 0 aromatic heterocycles. The molecule has 0 bridgehead atoms. The first-order valence-corrected chi connectivity index (χ1v) is 16.2. The molecule has 0 fully saturated rings.